The van der Waals surface area contributed by atoms with Crippen LogP contribution in [0.4, 0.5) is 10.1 Å². The molecule has 3 aromatic carbocycles. The predicted octanol–water partition coefficient (Wildman–Crippen LogP) is 3.32. The fourth-order valence-electron chi connectivity index (χ4n) is 4.90. The summed E-state index contributed by atoms with van der Waals surface area (Å²) in [5.74, 6) is -1.67. The normalized spacial score (nSPS) is 14.8. The molecule has 4 atom stereocenters. The van der Waals surface area contributed by atoms with Gasteiger partial charge < -0.3 is 20.8 Å². The number of aliphatic hydroxyl groups is 2. The summed E-state index contributed by atoms with van der Waals surface area (Å²) in [6.07, 6.45) is 2.00. The van der Waals surface area contributed by atoms with Gasteiger partial charge in [0.2, 0.25) is 10.0 Å². The Hall–Kier alpha value is -4.66. The van der Waals surface area contributed by atoms with Crippen molar-refractivity contribution < 1.29 is 32.6 Å². The van der Waals surface area contributed by atoms with Crippen LogP contribution in [0.5, 0.6) is 0 Å². The number of rotatable bonds is 14. The summed E-state index contributed by atoms with van der Waals surface area (Å²) >= 11 is 0. The van der Waals surface area contributed by atoms with Gasteiger partial charge in [-0.1, -0.05) is 54.6 Å². The van der Waals surface area contributed by atoms with Crippen molar-refractivity contribution in [1.82, 2.24) is 25.6 Å². The Bertz CT molecular complexity index is 1830. The molecule has 12 nitrogen and oxygen atoms in total. The van der Waals surface area contributed by atoms with Crippen LogP contribution < -0.4 is 14.9 Å². The third-order valence-corrected chi connectivity index (χ3v) is 9.46. The van der Waals surface area contributed by atoms with E-state index in [9.17, 15) is 32.6 Å². The van der Waals surface area contributed by atoms with Crippen LogP contribution in [0, 0.1) is 5.82 Å². The van der Waals surface area contributed by atoms with Crippen LogP contribution in [-0.4, -0.2) is 70.9 Å². The molecule has 4 aromatic rings. The first kappa shape index (κ1) is 36.2. The maximum atomic E-state index is 13.8. The summed E-state index contributed by atoms with van der Waals surface area (Å²) < 4.78 is 40.7. The molecule has 2 amide bonds. The summed E-state index contributed by atoms with van der Waals surface area (Å²) in [6.45, 7) is 5.07. The molecule has 0 saturated carbocycles. The van der Waals surface area contributed by atoms with Crippen molar-refractivity contribution in [3.8, 4) is 0 Å². The monoisotopic (exact) mass is 680 g/mol. The molecule has 0 aliphatic rings. The van der Waals surface area contributed by atoms with Crippen LogP contribution in [0.3, 0.4) is 0 Å². The number of carbonyl (C=O) groups is 2. The molecule has 0 bridgehead atoms. The molecule has 256 valence electrons. The molecule has 1 aromatic heterocycles. The molecule has 0 radical (unpaired) electrons. The smallest absolute Gasteiger partial charge is 0.251 e. The standard InChI is InChI=1S/C34H41FN6O6S/c1-6-34(3,45)31-21-41(39-38-31)20-30(42)29(16-23-10-8-7-9-11-23)37-33(44)26-17-25(18-28(19-26)40(4)48(5,46)47)32(43)36-22(2)24-12-14-27(35)15-13-24/h7-15,17-19,21-22,29-30,42,45H,6,16,20H2,1-5H3,(H,36,43)(H,37,44)/t22-,29+,30+,34?/m1/s1. The number of nitrogens with one attached hydrogen (secondary N) is 2. The molecule has 14 heteroatoms. The van der Waals surface area contributed by atoms with E-state index < -0.39 is 51.4 Å². The third-order valence-electron chi connectivity index (χ3n) is 8.25. The van der Waals surface area contributed by atoms with Crippen molar-refractivity contribution in [2.24, 2.45) is 0 Å². The maximum Gasteiger partial charge on any atom is 0.251 e. The fraction of sp³-hybridized carbons (Fsp3) is 0.353. The van der Waals surface area contributed by atoms with Gasteiger partial charge in [0.25, 0.3) is 11.8 Å². The van der Waals surface area contributed by atoms with Gasteiger partial charge in [-0.2, -0.15) is 0 Å². The molecule has 0 aliphatic carbocycles. The van der Waals surface area contributed by atoms with Crippen molar-refractivity contribution >= 4 is 27.5 Å². The molecular weight excluding hydrogens is 639 g/mol. The number of aliphatic hydroxyl groups excluding tert-OH is 1. The summed E-state index contributed by atoms with van der Waals surface area (Å²) in [7, 11) is -2.47. The Morgan fingerprint density at radius 3 is 2.21 bits per heavy atom. The second-order valence-corrected chi connectivity index (χ2v) is 14.0. The van der Waals surface area contributed by atoms with Crippen molar-refractivity contribution in [2.45, 2.75) is 63.9 Å². The molecule has 4 rings (SSSR count). The SMILES string of the molecule is CCC(C)(O)c1cn(C[C@H](O)[C@H](Cc2ccccc2)NC(=O)c2cc(C(=O)N[C@H](C)c3ccc(F)cc3)cc(N(C)S(C)(=O)=O)c2)nn1. The van der Waals surface area contributed by atoms with E-state index in [1.165, 1.54) is 60.4 Å². The quantitative estimate of drug-likeness (QED) is 0.157. The molecule has 48 heavy (non-hydrogen) atoms. The van der Waals surface area contributed by atoms with Crippen LogP contribution in [0.2, 0.25) is 0 Å². The lowest BCUT2D eigenvalue weighted by Gasteiger charge is -2.25. The summed E-state index contributed by atoms with van der Waals surface area (Å²) in [5, 5.41) is 35.7. The lowest BCUT2D eigenvalue weighted by atomic mass is 9.99. The Balaban J connectivity index is 1.64. The molecular formula is C34H41FN6O6S. The molecule has 0 spiro atoms. The van der Waals surface area contributed by atoms with E-state index >= 15 is 0 Å². The number of hydrogen-bond acceptors (Lipinski definition) is 8. The lowest BCUT2D eigenvalue weighted by molar-refractivity contribution is 0.0483. The summed E-state index contributed by atoms with van der Waals surface area (Å²) in [6, 6.07) is 17.5. The highest BCUT2D eigenvalue weighted by atomic mass is 32.2. The largest absolute Gasteiger partial charge is 0.389 e. The Kier molecular flexibility index (Phi) is 11.3. The predicted molar refractivity (Wildman–Crippen MR) is 179 cm³/mol. The van der Waals surface area contributed by atoms with E-state index in [-0.39, 0.29) is 29.8 Å². The number of halogens is 1. The molecule has 1 unspecified atom stereocenters. The Morgan fingerprint density at radius 1 is 1.02 bits per heavy atom. The number of benzene rings is 3. The topological polar surface area (TPSA) is 167 Å². The van der Waals surface area contributed by atoms with Gasteiger partial charge in [-0.05, 0) is 68.1 Å². The van der Waals surface area contributed by atoms with Crippen molar-refractivity contribution in [2.75, 3.05) is 17.6 Å². The zero-order chi connectivity index (χ0) is 35.2. The van der Waals surface area contributed by atoms with Crippen LogP contribution in [0.15, 0.2) is 79.0 Å². The second kappa shape index (κ2) is 15.0. The van der Waals surface area contributed by atoms with Crippen LogP contribution >= 0.6 is 0 Å². The minimum atomic E-state index is -3.77. The number of amides is 2. The summed E-state index contributed by atoms with van der Waals surface area (Å²) in [4.78, 5) is 27.2. The molecule has 0 fully saturated rings. The summed E-state index contributed by atoms with van der Waals surface area (Å²) in [5.41, 5.74) is 0.676. The number of carbonyl (C=O) groups excluding carboxylic acids is 2. The van der Waals surface area contributed by atoms with E-state index in [0.29, 0.717) is 17.7 Å². The lowest BCUT2D eigenvalue weighted by Crippen LogP contribution is -2.46. The van der Waals surface area contributed by atoms with E-state index in [2.05, 4.69) is 20.9 Å². The minimum Gasteiger partial charge on any atom is -0.389 e. The number of hydrogen-bond donors (Lipinski definition) is 4. The number of nitrogens with zero attached hydrogens (tertiary/aromatic N) is 4. The zero-order valence-corrected chi connectivity index (χ0v) is 28.3. The first-order valence-electron chi connectivity index (χ1n) is 15.4. The average Bonchev–Trinajstić information content (AvgIpc) is 3.53. The van der Waals surface area contributed by atoms with Crippen molar-refractivity contribution in [1.29, 1.82) is 0 Å². The molecule has 4 N–H and O–H groups in total. The number of sulfonamides is 1. The average molecular weight is 681 g/mol. The van der Waals surface area contributed by atoms with Crippen LogP contribution in [0.25, 0.3) is 0 Å². The van der Waals surface area contributed by atoms with E-state index in [1.807, 2.05) is 37.3 Å². The van der Waals surface area contributed by atoms with Gasteiger partial charge in [0.05, 0.1) is 42.9 Å². The number of aromatic nitrogens is 3. The van der Waals surface area contributed by atoms with Gasteiger partial charge in [0.15, 0.2) is 0 Å². The fourth-order valence-corrected chi connectivity index (χ4v) is 5.39. The van der Waals surface area contributed by atoms with Gasteiger partial charge >= 0.3 is 0 Å². The molecule has 0 aliphatic heterocycles. The van der Waals surface area contributed by atoms with Crippen LogP contribution in [-0.2, 0) is 28.6 Å². The minimum absolute atomic E-state index is 0.0143. The number of anilines is 1. The van der Waals surface area contributed by atoms with E-state index in [1.54, 1.807) is 13.8 Å². The van der Waals surface area contributed by atoms with Crippen molar-refractivity contribution in [3.63, 3.8) is 0 Å². The van der Waals surface area contributed by atoms with Gasteiger partial charge in [0.1, 0.15) is 17.1 Å². The second-order valence-electron chi connectivity index (χ2n) is 12.0. The van der Waals surface area contributed by atoms with Gasteiger partial charge in [-0.25, -0.2) is 17.5 Å². The maximum absolute atomic E-state index is 13.8. The highest BCUT2D eigenvalue weighted by Gasteiger charge is 2.28. The molecule has 1 heterocycles. The van der Waals surface area contributed by atoms with Crippen molar-refractivity contribution in [3.05, 3.63) is 113 Å². The Morgan fingerprint density at radius 2 is 1.62 bits per heavy atom. The van der Waals surface area contributed by atoms with Gasteiger partial charge in [0, 0.05) is 18.2 Å². The van der Waals surface area contributed by atoms with E-state index in [4.69, 9.17) is 0 Å². The first-order chi connectivity index (χ1) is 22.6. The van der Waals surface area contributed by atoms with E-state index in [0.717, 1.165) is 16.1 Å². The molecule has 0 saturated heterocycles. The Labute approximate surface area is 279 Å². The highest BCUT2D eigenvalue weighted by molar-refractivity contribution is 7.92. The third kappa shape index (κ3) is 9.24. The van der Waals surface area contributed by atoms with Gasteiger partial charge in [-0.3, -0.25) is 13.9 Å². The first-order valence-corrected chi connectivity index (χ1v) is 17.2. The highest BCUT2D eigenvalue weighted by Crippen LogP contribution is 2.24. The van der Waals surface area contributed by atoms with Crippen LogP contribution in [0.1, 0.15) is 70.8 Å². The zero-order valence-electron chi connectivity index (χ0n) is 27.5. The van der Waals surface area contributed by atoms with Gasteiger partial charge in [-0.15, -0.1) is 5.10 Å².